The number of hydrogen-bond acceptors (Lipinski definition) is 3. The predicted molar refractivity (Wildman–Crippen MR) is 105 cm³/mol. The predicted octanol–water partition coefficient (Wildman–Crippen LogP) is 3.53. The van der Waals surface area contributed by atoms with Gasteiger partial charge in [-0.05, 0) is 62.2 Å². The van der Waals surface area contributed by atoms with Crippen molar-refractivity contribution in [3.63, 3.8) is 0 Å². The van der Waals surface area contributed by atoms with E-state index in [0.717, 1.165) is 25.0 Å². The third-order valence-corrected chi connectivity index (χ3v) is 5.28. The normalized spacial score (nSPS) is 17.5. The number of benzene rings is 2. The number of likely N-dealkylation sites (N-methyl/N-ethyl adjacent to an activating group) is 1. The zero-order chi connectivity index (χ0) is 18.5. The molecule has 1 aliphatic carbocycles. The lowest BCUT2D eigenvalue weighted by Crippen LogP contribution is -2.37. The molecule has 1 amide bonds. The standard InChI is InChI=1S/C22H28N2O2/c1-24(2)21(17-11-13-18(26-3)14-12-17)15-23-22(25)20-10-6-8-16-7-4-5-9-19(16)20/h4-5,7,9,11-14,20-21H,6,8,10,15H2,1-3H3,(H,23,25). The third-order valence-electron chi connectivity index (χ3n) is 5.28. The molecule has 0 aliphatic heterocycles. The number of amides is 1. The largest absolute Gasteiger partial charge is 0.497 e. The number of carbonyl (C=O) groups is 1. The number of carbonyl (C=O) groups excluding carboxylic acids is 1. The Balaban J connectivity index is 1.69. The van der Waals surface area contributed by atoms with Crippen LogP contribution in [0.4, 0.5) is 0 Å². The minimum atomic E-state index is -0.0290. The quantitative estimate of drug-likeness (QED) is 0.865. The highest BCUT2D eigenvalue weighted by molar-refractivity contribution is 5.84. The fraction of sp³-hybridized carbons (Fsp3) is 0.409. The van der Waals surface area contributed by atoms with E-state index in [1.807, 2.05) is 32.3 Å². The number of aryl methyl sites for hydroxylation is 1. The number of nitrogens with zero attached hydrogens (tertiary/aromatic N) is 1. The van der Waals surface area contributed by atoms with Gasteiger partial charge in [-0.25, -0.2) is 0 Å². The van der Waals surface area contributed by atoms with Gasteiger partial charge in [0.05, 0.1) is 19.1 Å². The third kappa shape index (κ3) is 4.07. The van der Waals surface area contributed by atoms with Gasteiger partial charge in [0.1, 0.15) is 5.75 Å². The second kappa shape index (κ2) is 8.37. The number of fused-ring (bicyclic) bond motifs is 1. The van der Waals surface area contributed by atoms with Crippen LogP contribution in [-0.4, -0.2) is 38.6 Å². The molecule has 0 bridgehead atoms. The van der Waals surface area contributed by atoms with Crippen molar-refractivity contribution in [1.82, 2.24) is 10.2 Å². The molecule has 138 valence electrons. The van der Waals surface area contributed by atoms with E-state index in [0.29, 0.717) is 6.54 Å². The van der Waals surface area contributed by atoms with Crippen LogP contribution >= 0.6 is 0 Å². The highest BCUT2D eigenvalue weighted by atomic mass is 16.5. The van der Waals surface area contributed by atoms with E-state index in [1.165, 1.54) is 16.7 Å². The summed E-state index contributed by atoms with van der Waals surface area (Å²) in [5.74, 6) is 0.949. The average Bonchev–Trinajstić information content (AvgIpc) is 2.67. The van der Waals surface area contributed by atoms with Gasteiger partial charge in [-0.1, -0.05) is 36.4 Å². The fourth-order valence-corrected chi connectivity index (χ4v) is 3.77. The molecule has 1 N–H and O–H groups in total. The lowest BCUT2D eigenvalue weighted by molar-refractivity contribution is -0.123. The van der Waals surface area contributed by atoms with Crippen LogP contribution < -0.4 is 10.1 Å². The number of nitrogens with one attached hydrogen (secondary N) is 1. The molecule has 0 spiro atoms. The summed E-state index contributed by atoms with van der Waals surface area (Å²) in [5.41, 5.74) is 3.68. The summed E-state index contributed by atoms with van der Waals surface area (Å²) in [5, 5.41) is 3.19. The molecule has 0 heterocycles. The number of methoxy groups -OCH3 is 1. The molecule has 0 radical (unpaired) electrons. The molecule has 0 fully saturated rings. The highest BCUT2D eigenvalue weighted by Gasteiger charge is 2.26. The maximum Gasteiger partial charge on any atom is 0.227 e. The van der Waals surface area contributed by atoms with Crippen molar-refractivity contribution >= 4 is 5.91 Å². The minimum absolute atomic E-state index is 0.0290. The van der Waals surface area contributed by atoms with Crippen LogP contribution in [0.5, 0.6) is 5.75 Å². The van der Waals surface area contributed by atoms with Crippen LogP contribution in [-0.2, 0) is 11.2 Å². The van der Waals surface area contributed by atoms with E-state index in [-0.39, 0.29) is 17.9 Å². The van der Waals surface area contributed by atoms with Crippen molar-refractivity contribution < 1.29 is 9.53 Å². The van der Waals surface area contributed by atoms with Crippen LogP contribution in [0.1, 0.15) is 41.5 Å². The summed E-state index contributed by atoms with van der Waals surface area (Å²) < 4.78 is 5.24. The first-order chi connectivity index (χ1) is 12.6. The fourth-order valence-electron chi connectivity index (χ4n) is 3.77. The van der Waals surface area contributed by atoms with Crippen LogP contribution in [0.15, 0.2) is 48.5 Å². The van der Waals surface area contributed by atoms with Crippen molar-refractivity contribution in [2.45, 2.75) is 31.2 Å². The second-order valence-electron chi connectivity index (χ2n) is 7.14. The van der Waals surface area contributed by atoms with Gasteiger partial charge in [0.15, 0.2) is 0 Å². The minimum Gasteiger partial charge on any atom is -0.497 e. The summed E-state index contributed by atoms with van der Waals surface area (Å²) in [7, 11) is 5.74. The summed E-state index contributed by atoms with van der Waals surface area (Å²) in [6.45, 7) is 0.594. The Morgan fingerprint density at radius 3 is 2.62 bits per heavy atom. The highest BCUT2D eigenvalue weighted by Crippen LogP contribution is 2.31. The van der Waals surface area contributed by atoms with Crippen molar-refractivity contribution in [2.24, 2.45) is 0 Å². The van der Waals surface area contributed by atoms with Gasteiger partial charge < -0.3 is 15.0 Å². The zero-order valence-electron chi connectivity index (χ0n) is 15.9. The molecule has 26 heavy (non-hydrogen) atoms. The van der Waals surface area contributed by atoms with E-state index >= 15 is 0 Å². The van der Waals surface area contributed by atoms with Crippen molar-refractivity contribution in [2.75, 3.05) is 27.7 Å². The lowest BCUT2D eigenvalue weighted by Gasteiger charge is -2.28. The van der Waals surface area contributed by atoms with Gasteiger partial charge in [0.2, 0.25) is 5.91 Å². The Morgan fingerprint density at radius 2 is 1.92 bits per heavy atom. The Bertz CT molecular complexity index is 740. The Kier molecular flexibility index (Phi) is 5.94. The molecule has 4 heteroatoms. The van der Waals surface area contributed by atoms with Gasteiger partial charge in [-0.15, -0.1) is 0 Å². The molecule has 1 aliphatic rings. The van der Waals surface area contributed by atoms with Gasteiger partial charge in [0.25, 0.3) is 0 Å². The summed E-state index contributed by atoms with van der Waals surface area (Å²) in [4.78, 5) is 15.0. The maximum atomic E-state index is 12.9. The molecule has 3 rings (SSSR count). The van der Waals surface area contributed by atoms with Crippen molar-refractivity contribution in [1.29, 1.82) is 0 Å². The van der Waals surface area contributed by atoms with Gasteiger partial charge in [-0.2, -0.15) is 0 Å². The monoisotopic (exact) mass is 352 g/mol. The maximum absolute atomic E-state index is 12.9. The number of ether oxygens (including phenoxy) is 1. The molecule has 0 aromatic heterocycles. The molecule has 2 aromatic carbocycles. The summed E-state index contributed by atoms with van der Waals surface area (Å²) in [6, 6.07) is 16.5. The molecular formula is C22H28N2O2. The molecule has 2 unspecified atom stereocenters. The van der Waals surface area contributed by atoms with Crippen molar-refractivity contribution in [3.05, 3.63) is 65.2 Å². The second-order valence-corrected chi connectivity index (χ2v) is 7.14. The van der Waals surface area contributed by atoms with Gasteiger partial charge in [-0.3, -0.25) is 4.79 Å². The topological polar surface area (TPSA) is 41.6 Å². The SMILES string of the molecule is COc1ccc(C(CNC(=O)C2CCCc3ccccc32)N(C)C)cc1. The van der Waals surface area contributed by atoms with Gasteiger partial charge in [0, 0.05) is 6.54 Å². The van der Waals surface area contributed by atoms with E-state index in [2.05, 4.69) is 40.5 Å². The first-order valence-electron chi connectivity index (χ1n) is 9.26. The van der Waals surface area contributed by atoms with E-state index in [9.17, 15) is 4.79 Å². The molecule has 4 nitrogen and oxygen atoms in total. The first kappa shape index (κ1) is 18.5. The van der Waals surface area contributed by atoms with Crippen LogP contribution in [0, 0.1) is 0 Å². The zero-order valence-corrected chi connectivity index (χ0v) is 15.9. The number of hydrogen-bond donors (Lipinski definition) is 1. The van der Waals surface area contributed by atoms with E-state index in [4.69, 9.17) is 4.74 Å². The molecular weight excluding hydrogens is 324 g/mol. The average molecular weight is 352 g/mol. The smallest absolute Gasteiger partial charge is 0.227 e. The summed E-state index contributed by atoms with van der Waals surface area (Å²) >= 11 is 0. The lowest BCUT2D eigenvalue weighted by atomic mass is 9.82. The Labute approximate surface area is 156 Å². The van der Waals surface area contributed by atoms with Crippen LogP contribution in [0.3, 0.4) is 0 Å². The first-order valence-corrected chi connectivity index (χ1v) is 9.26. The van der Waals surface area contributed by atoms with Gasteiger partial charge >= 0.3 is 0 Å². The van der Waals surface area contributed by atoms with E-state index in [1.54, 1.807) is 7.11 Å². The molecule has 0 saturated heterocycles. The molecule has 0 saturated carbocycles. The summed E-state index contributed by atoms with van der Waals surface area (Å²) in [6.07, 6.45) is 3.08. The van der Waals surface area contributed by atoms with E-state index < -0.39 is 0 Å². The Morgan fingerprint density at radius 1 is 1.19 bits per heavy atom. The van der Waals surface area contributed by atoms with Crippen LogP contribution in [0.2, 0.25) is 0 Å². The van der Waals surface area contributed by atoms with Crippen LogP contribution in [0.25, 0.3) is 0 Å². The molecule has 2 atom stereocenters. The Hall–Kier alpha value is -2.33. The van der Waals surface area contributed by atoms with Crippen molar-refractivity contribution in [3.8, 4) is 5.75 Å². The molecule has 2 aromatic rings. The number of rotatable bonds is 6.